The summed E-state index contributed by atoms with van der Waals surface area (Å²) in [7, 11) is 5.58. The minimum Gasteiger partial charge on any atom is -0.494 e. The van der Waals surface area contributed by atoms with Gasteiger partial charge in [0.05, 0.1) is 41.8 Å². The van der Waals surface area contributed by atoms with Crippen LogP contribution in [0.15, 0.2) is 61.3 Å². The number of hydrogen-bond donors (Lipinski definition) is 1. The van der Waals surface area contributed by atoms with Crippen molar-refractivity contribution >= 4 is 45.3 Å². The molecule has 0 spiro atoms. The average molecular weight is 524 g/mol. The number of allylic oxidation sites excluding steroid dienone is 1. The molecule has 0 radical (unpaired) electrons. The summed E-state index contributed by atoms with van der Waals surface area (Å²) in [6, 6.07) is 13.6. The highest BCUT2D eigenvalue weighted by Gasteiger charge is 2.29. The van der Waals surface area contributed by atoms with Crippen molar-refractivity contribution in [1.29, 1.82) is 0 Å². The van der Waals surface area contributed by atoms with Gasteiger partial charge in [-0.25, -0.2) is 14.6 Å². The first-order valence-electron chi connectivity index (χ1n) is 12.8. The Balaban J connectivity index is 1.41. The molecule has 10 nitrogen and oxygen atoms in total. The first kappa shape index (κ1) is 24.6. The highest BCUT2D eigenvalue weighted by Crippen LogP contribution is 2.39. The molecule has 0 amide bonds. The van der Waals surface area contributed by atoms with Crippen LogP contribution < -0.4 is 10.1 Å². The van der Waals surface area contributed by atoms with Gasteiger partial charge in [-0.3, -0.25) is 14.3 Å². The van der Waals surface area contributed by atoms with E-state index in [1.54, 1.807) is 18.0 Å². The fourth-order valence-electron chi connectivity index (χ4n) is 5.33. The predicted molar refractivity (Wildman–Crippen MR) is 151 cm³/mol. The monoisotopic (exact) mass is 523 g/mol. The Bertz CT molecular complexity index is 1770. The number of anilines is 2. The lowest BCUT2D eigenvalue weighted by Gasteiger charge is -2.27. The number of hydrogen-bond acceptors (Lipinski definition) is 7. The third-order valence-electron chi connectivity index (χ3n) is 7.14. The topological polar surface area (TPSA) is 99.2 Å². The van der Waals surface area contributed by atoms with E-state index in [0.29, 0.717) is 48.3 Å². The number of aryl methyl sites for hydroxylation is 1. The maximum atomic E-state index is 12.8. The smallest absolute Gasteiger partial charge is 0.269 e. The van der Waals surface area contributed by atoms with Gasteiger partial charge in [0.25, 0.3) is 5.91 Å². The first-order valence-corrected chi connectivity index (χ1v) is 12.8. The van der Waals surface area contributed by atoms with Crippen LogP contribution in [-0.2, 0) is 13.1 Å². The Hall–Kier alpha value is -4.70. The number of ketones is 1. The second-order valence-corrected chi connectivity index (χ2v) is 9.78. The Labute approximate surface area is 225 Å². The molecule has 198 valence electrons. The highest BCUT2D eigenvalue weighted by molar-refractivity contribution is 6.12. The summed E-state index contributed by atoms with van der Waals surface area (Å²) in [5, 5.41) is 4.25. The van der Waals surface area contributed by atoms with Gasteiger partial charge in [0.2, 0.25) is 5.95 Å². The normalized spacial score (nSPS) is 13.0. The molecule has 6 rings (SSSR count). The van der Waals surface area contributed by atoms with Gasteiger partial charge in [-0.1, -0.05) is 24.8 Å². The van der Waals surface area contributed by atoms with Crippen molar-refractivity contribution < 1.29 is 14.3 Å². The van der Waals surface area contributed by atoms with Gasteiger partial charge >= 0.3 is 0 Å². The van der Waals surface area contributed by atoms with Crippen LogP contribution in [0.2, 0.25) is 0 Å². The summed E-state index contributed by atoms with van der Waals surface area (Å²) in [5.74, 6) is 0.846. The van der Waals surface area contributed by atoms with E-state index >= 15 is 0 Å². The fraction of sp³-hybridized carbons (Fsp3) is 0.241. The van der Waals surface area contributed by atoms with Gasteiger partial charge in [-0.2, -0.15) is 0 Å². The molecule has 39 heavy (non-hydrogen) atoms. The molecule has 1 aliphatic heterocycles. The molecule has 3 aromatic heterocycles. The number of methoxy groups -OCH3 is 1. The molecule has 5 aromatic rings. The number of nitrogens with zero attached hydrogens (tertiary/aromatic N) is 6. The summed E-state index contributed by atoms with van der Waals surface area (Å²) < 4.78 is 11.3. The first-order chi connectivity index (χ1) is 18.9. The minimum absolute atomic E-state index is 0.115. The van der Waals surface area contributed by atoms with Crippen LogP contribution in [0.4, 0.5) is 11.6 Å². The fourth-order valence-corrected chi connectivity index (χ4v) is 5.33. The number of para-hydroxylation sites is 1. The summed E-state index contributed by atoms with van der Waals surface area (Å²) >= 11 is 0. The Morgan fingerprint density at radius 3 is 2.77 bits per heavy atom. The summed E-state index contributed by atoms with van der Waals surface area (Å²) in [5.41, 5.74) is 5.44. The van der Waals surface area contributed by atoms with Crippen molar-refractivity contribution in [3.8, 4) is 17.0 Å². The number of fused-ring (bicyclic) bond motifs is 4. The van der Waals surface area contributed by atoms with Crippen LogP contribution >= 0.6 is 0 Å². The number of carbonyl (C=O) groups is 2. The van der Waals surface area contributed by atoms with E-state index in [9.17, 15) is 9.59 Å². The zero-order chi connectivity index (χ0) is 27.3. The van der Waals surface area contributed by atoms with Gasteiger partial charge in [-0.05, 0) is 38.4 Å². The number of Topliss-reactive ketones (excluding diaryl/α,β-unsaturated/α-hetero) is 1. The average Bonchev–Trinajstić information content (AvgIpc) is 3.47. The minimum atomic E-state index is -0.213. The number of ether oxygens (including phenoxy) is 1. The third-order valence-corrected chi connectivity index (χ3v) is 7.14. The molecule has 1 aliphatic rings. The molecular formula is C29H29N7O3. The lowest BCUT2D eigenvalue weighted by molar-refractivity contribution is 0.0934. The molecule has 0 saturated carbocycles. The second-order valence-electron chi connectivity index (χ2n) is 9.78. The zero-order valence-electron chi connectivity index (χ0n) is 22.1. The largest absolute Gasteiger partial charge is 0.494 e. The SMILES string of the molecule is C=CC(=O)n1c2cc(Nc3nccc(-c4c5n(c6ccccc46)CCC5=O)n3)c(OC)cc2n1CCN(C)C. The molecule has 0 unspecified atom stereocenters. The van der Waals surface area contributed by atoms with Gasteiger partial charge < -0.3 is 19.5 Å². The molecule has 0 saturated heterocycles. The number of aromatic nitrogens is 5. The van der Waals surface area contributed by atoms with E-state index < -0.39 is 0 Å². The van der Waals surface area contributed by atoms with E-state index in [-0.39, 0.29) is 11.7 Å². The standard InChI is InChI=1S/C29H29N7O3/c1-5-26(38)36-23-16-20(25(39-4)17-22(23)35(36)15-14-33(2)3)32-29-30-12-10-19(31-29)27-18-8-6-7-9-21(18)34-13-11-24(37)28(27)34/h5-10,12,16-17H,1,11,13-15H2,2-4H3,(H,30,31,32). The van der Waals surface area contributed by atoms with Crippen LogP contribution in [-0.4, -0.2) is 68.2 Å². The molecule has 0 atom stereocenters. The second kappa shape index (κ2) is 9.55. The van der Waals surface area contributed by atoms with Crippen LogP contribution in [0.3, 0.4) is 0 Å². The third kappa shape index (κ3) is 4.00. The Kier molecular flexibility index (Phi) is 6.03. The van der Waals surface area contributed by atoms with Crippen molar-refractivity contribution in [2.45, 2.75) is 19.5 Å². The summed E-state index contributed by atoms with van der Waals surface area (Å²) in [6.07, 6.45) is 3.46. The Morgan fingerprint density at radius 2 is 2.00 bits per heavy atom. The van der Waals surface area contributed by atoms with Gasteiger partial charge in [-0.15, -0.1) is 0 Å². The lowest BCUT2D eigenvalue weighted by atomic mass is 10.0. The molecule has 1 N–H and O–H groups in total. The summed E-state index contributed by atoms with van der Waals surface area (Å²) in [6.45, 7) is 5.73. The maximum Gasteiger partial charge on any atom is 0.269 e. The van der Waals surface area contributed by atoms with Crippen molar-refractivity contribution in [2.75, 3.05) is 33.1 Å². The van der Waals surface area contributed by atoms with Crippen molar-refractivity contribution in [1.82, 2.24) is 28.8 Å². The van der Waals surface area contributed by atoms with Crippen molar-refractivity contribution in [2.24, 2.45) is 0 Å². The number of rotatable bonds is 8. The molecule has 2 aromatic carbocycles. The van der Waals surface area contributed by atoms with E-state index in [1.165, 1.54) is 6.08 Å². The van der Waals surface area contributed by atoms with Crippen LogP contribution in [0, 0.1) is 0 Å². The van der Waals surface area contributed by atoms with E-state index in [2.05, 4.69) is 26.3 Å². The van der Waals surface area contributed by atoms with Crippen LogP contribution in [0.1, 0.15) is 21.7 Å². The summed E-state index contributed by atoms with van der Waals surface area (Å²) in [4.78, 5) is 36.8. The van der Waals surface area contributed by atoms with Crippen molar-refractivity contribution in [3.05, 3.63) is 67.0 Å². The highest BCUT2D eigenvalue weighted by atomic mass is 16.5. The van der Waals surface area contributed by atoms with E-state index in [4.69, 9.17) is 9.72 Å². The number of benzene rings is 2. The Morgan fingerprint density at radius 1 is 1.18 bits per heavy atom. The molecular weight excluding hydrogens is 494 g/mol. The molecule has 10 heteroatoms. The zero-order valence-corrected chi connectivity index (χ0v) is 22.1. The number of nitrogens with one attached hydrogen (secondary N) is 1. The predicted octanol–water partition coefficient (Wildman–Crippen LogP) is 4.58. The lowest BCUT2D eigenvalue weighted by Crippen LogP contribution is -2.31. The van der Waals surface area contributed by atoms with E-state index in [0.717, 1.165) is 34.0 Å². The van der Waals surface area contributed by atoms with Crippen LogP contribution in [0.25, 0.3) is 33.2 Å². The van der Waals surface area contributed by atoms with Gasteiger partial charge in [0, 0.05) is 48.2 Å². The number of carbonyl (C=O) groups excluding carboxylic acids is 2. The van der Waals surface area contributed by atoms with Gasteiger partial charge in [0.15, 0.2) is 5.78 Å². The molecule has 4 heterocycles. The quantitative estimate of drug-likeness (QED) is 0.297. The van der Waals surface area contributed by atoms with Gasteiger partial charge in [0.1, 0.15) is 5.75 Å². The molecule has 0 fully saturated rings. The van der Waals surface area contributed by atoms with Crippen molar-refractivity contribution in [3.63, 3.8) is 0 Å². The molecule has 0 bridgehead atoms. The molecule has 0 aliphatic carbocycles. The van der Waals surface area contributed by atoms with Crippen LogP contribution in [0.5, 0.6) is 5.75 Å². The maximum absolute atomic E-state index is 12.8. The number of likely N-dealkylation sites (N-methyl/N-ethyl adjacent to an activating group) is 1. The van der Waals surface area contributed by atoms with E-state index in [1.807, 2.05) is 61.2 Å².